The number of para-hydroxylation sites is 1. The van der Waals surface area contributed by atoms with E-state index in [0.717, 1.165) is 39.4 Å². The maximum Gasteiger partial charge on any atom is 0.255 e. The number of nitrogens with zero attached hydrogens (tertiary/aromatic N) is 1. The highest BCUT2D eigenvalue weighted by Crippen LogP contribution is 2.23. The lowest BCUT2D eigenvalue weighted by atomic mass is 9.98. The predicted molar refractivity (Wildman–Crippen MR) is 166 cm³/mol. The minimum Gasteiger partial charge on any atom is -0.370 e. The quantitative estimate of drug-likeness (QED) is 0.0875. The summed E-state index contributed by atoms with van der Waals surface area (Å²) in [5, 5.41) is 8.29. The van der Waals surface area contributed by atoms with E-state index in [0.29, 0.717) is 12.0 Å². The first-order valence-corrected chi connectivity index (χ1v) is 13.8. The number of H-pyrrole nitrogens is 1. The summed E-state index contributed by atoms with van der Waals surface area (Å²) in [4.78, 5) is 47.2. The number of guanidine groups is 1. The number of anilines is 1. The third-order valence-corrected chi connectivity index (χ3v) is 7.15. The van der Waals surface area contributed by atoms with Gasteiger partial charge in [0.25, 0.3) is 11.8 Å². The highest BCUT2D eigenvalue weighted by Gasteiger charge is 2.25. The molecule has 0 spiro atoms. The zero-order chi connectivity index (χ0) is 30.3. The number of fused-ring (bicyclic) bond motifs is 2. The molecular formula is C33H31FN6O3. The van der Waals surface area contributed by atoms with Gasteiger partial charge in [-0.05, 0) is 59.2 Å². The van der Waals surface area contributed by atoms with Crippen molar-refractivity contribution >= 4 is 50.9 Å². The van der Waals surface area contributed by atoms with Crippen LogP contribution in [0.3, 0.4) is 0 Å². The van der Waals surface area contributed by atoms with Crippen molar-refractivity contribution in [2.75, 3.05) is 11.9 Å². The van der Waals surface area contributed by atoms with Crippen molar-refractivity contribution in [1.29, 1.82) is 0 Å². The highest BCUT2D eigenvalue weighted by molar-refractivity contribution is 6.10. The Labute approximate surface area is 247 Å². The number of benzene rings is 4. The van der Waals surface area contributed by atoms with Gasteiger partial charge in [-0.3, -0.25) is 19.4 Å². The number of rotatable bonds is 11. The van der Waals surface area contributed by atoms with Gasteiger partial charge in [0, 0.05) is 42.0 Å². The summed E-state index contributed by atoms with van der Waals surface area (Å²) in [5.74, 6) is -2.12. The van der Waals surface area contributed by atoms with Crippen molar-refractivity contribution in [2.45, 2.75) is 25.3 Å². The Kier molecular flexibility index (Phi) is 8.76. The van der Waals surface area contributed by atoms with E-state index in [-0.39, 0.29) is 42.4 Å². The van der Waals surface area contributed by atoms with E-state index in [1.165, 1.54) is 6.07 Å². The van der Waals surface area contributed by atoms with Crippen LogP contribution in [0.25, 0.3) is 21.7 Å². The summed E-state index contributed by atoms with van der Waals surface area (Å²) in [5.41, 5.74) is 12.9. The number of carbonyl (C=O) groups excluding carboxylic acids is 3. The Morgan fingerprint density at radius 1 is 0.884 bits per heavy atom. The zero-order valence-corrected chi connectivity index (χ0v) is 23.3. The summed E-state index contributed by atoms with van der Waals surface area (Å²) in [6, 6.07) is 23.1. The Hall–Kier alpha value is -5.51. The molecule has 0 bridgehead atoms. The van der Waals surface area contributed by atoms with Gasteiger partial charge in [-0.25, -0.2) is 4.39 Å². The molecule has 1 aromatic heterocycles. The van der Waals surface area contributed by atoms with Crippen LogP contribution in [0.2, 0.25) is 0 Å². The molecule has 10 heteroatoms. The van der Waals surface area contributed by atoms with E-state index < -0.39 is 23.7 Å². The molecule has 5 rings (SSSR count). The van der Waals surface area contributed by atoms with Crippen LogP contribution in [-0.4, -0.2) is 41.1 Å². The monoisotopic (exact) mass is 578 g/mol. The van der Waals surface area contributed by atoms with Crippen LogP contribution < -0.4 is 22.1 Å². The van der Waals surface area contributed by atoms with Gasteiger partial charge < -0.3 is 27.1 Å². The Balaban J connectivity index is 1.38. The molecule has 0 saturated carbocycles. The van der Waals surface area contributed by atoms with Crippen molar-refractivity contribution < 1.29 is 18.8 Å². The molecule has 43 heavy (non-hydrogen) atoms. The van der Waals surface area contributed by atoms with Crippen molar-refractivity contribution in [3.63, 3.8) is 0 Å². The number of aliphatic imine (C=N–C) groups is 1. The van der Waals surface area contributed by atoms with Gasteiger partial charge in [0.05, 0.1) is 17.3 Å². The maximum atomic E-state index is 14.4. The summed E-state index contributed by atoms with van der Waals surface area (Å²) >= 11 is 0. The smallest absolute Gasteiger partial charge is 0.255 e. The van der Waals surface area contributed by atoms with E-state index >= 15 is 0 Å². The van der Waals surface area contributed by atoms with Crippen LogP contribution in [0.1, 0.15) is 39.1 Å². The number of hydrogen-bond donors (Lipinski definition) is 5. The average Bonchev–Trinajstić information content (AvgIpc) is 3.42. The summed E-state index contributed by atoms with van der Waals surface area (Å²) in [7, 11) is 0. The van der Waals surface area contributed by atoms with Crippen LogP contribution in [-0.2, 0) is 11.2 Å². The predicted octanol–water partition coefficient (Wildman–Crippen LogP) is 4.68. The second-order valence-electron chi connectivity index (χ2n) is 10.2. The van der Waals surface area contributed by atoms with Gasteiger partial charge in [0.2, 0.25) is 0 Å². The molecule has 1 heterocycles. The molecule has 7 N–H and O–H groups in total. The summed E-state index contributed by atoms with van der Waals surface area (Å²) in [6.45, 7) is 0.261. The molecule has 9 nitrogen and oxygen atoms in total. The van der Waals surface area contributed by atoms with Crippen molar-refractivity contribution in [1.82, 2.24) is 10.3 Å². The van der Waals surface area contributed by atoms with Crippen LogP contribution in [0.15, 0.2) is 96.1 Å². The number of Topliss-reactive ketones (excluding diaryl/α,β-unsaturated/α-hetero) is 1. The molecule has 5 aromatic rings. The Morgan fingerprint density at radius 3 is 2.47 bits per heavy atom. The molecule has 1 atom stereocenters. The summed E-state index contributed by atoms with van der Waals surface area (Å²) < 4.78 is 14.4. The molecule has 0 fully saturated rings. The summed E-state index contributed by atoms with van der Waals surface area (Å²) in [6.07, 6.45) is 2.49. The SMILES string of the molecule is NC(N)=NCCCC(=O)[C@H](Cc1c[nH]c2ccccc12)NC(=O)c1cc(F)ccc1NC(=O)c1ccc2ccccc2c1. The molecule has 0 radical (unpaired) electrons. The fraction of sp³-hybridized carbons (Fsp3) is 0.152. The minimum absolute atomic E-state index is 0.0690. The van der Waals surface area contributed by atoms with Gasteiger partial charge in [-0.15, -0.1) is 0 Å². The number of halogens is 1. The average molecular weight is 579 g/mol. The van der Waals surface area contributed by atoms with Gasteiger partial charge in [-0.1, -0.05) is 48.5 Å². The van der Waals surface area contributed by atoms with Crippen LogP contribution in [0.5, 0.6) is 0 Å². The van der Waals surface area contributed by atoms with E-state index in [4.69, 9.17) is 11.5 Å². The van der Waals surface area contributed by atoms with Crippen LogP contribution >= 0.6 is 0 Å². The molecular weight excluding hydrogens is 547 g/mol. The van der Waals surface area contributed by atoms with Gasteiger partial charge in [0.1, 0.15) is 5.82 Å². The molecule has 0 saturated heterocycles. The fourth-order valence-corrected chi connectivity index (χ4v) is 4.98. The number of aromatic amines is 1. The molecule has 218 valence electrons. The largest absolute Gasteiger partial charge is 0.370 e. The number of aromatic nitrogens is 1. The molecule has 0 aliphatic heterocycles. The van der Waals surface area contributed by atoms with Gasteiger partial charge >= 0.3 is 0 Å². The topological polar surface area (TPSA) is 155 Å². The first-order valence-electron chi connectivity index (χ1n) is 13.8. The number of carbonyl (C=O) groups is 3. The van der Waals surface area contributed by atoms with Crippen LogP contribution in [0.4, 0.5) is 10.1 Å². The first-order chi connectivity index (χ1) is 20.8. The van der Waals surface area contributed by atoms with Crippen molar-refractivity contribution in [3.8, 4) is 0 Å². The van der Waals surface area contributed by atoms with Crippen LogP contribution in [0, 0.1) is 5.82 Å². The minimum atomic E-state index is -0.932. The van der Waals surface area contributed by atoms with Crippen molar-refractivity contribution in [3.05, 3.63) is 114 Å². The Morgan fingerprint density at radius 2 is 1.65 bits per heavy atom. The first kappa shape index (κ1) is 29.0. The lowest BCUT2D eigenvalue weighted by Gasteiger charge is -2.19. The molecule has 0 aliphatic rings. The number of amides is 2. The highest BCUT2D eigenvalue weighted by atomic mass is 19.1. The number of ketones is 1. The fourth-order valence-electron chi connectivity index (χ4n) is 4.98. The molecule has 0 aliphatic carbocycles. The lowest BCUT2D eigenvalue weighted by molar-refractivity contribution is -0.120. The second kappa shape index (κ2) is 13.0. The van der Waals surface area contributed by atoms with Gasteiger partial charge in [-0.2, -0.15) is 0 Å². The van der Waals surface area contributed by atoms with E-state index in [9.17, 15) is 18.8 Å². The van der Waals surface area contributed by atoms with E-state index in [2.05, 4.69) is 20.6 Å². The molecule has 2 amide bonds. The number of hydrogen-bond acceptors (Lipinski definition) is 4. The number of nitrogens with two attached hydrogens (primary N) is 2. The maximum absolute atomic E-state index is 14.4. The molecule has 4 aromatic carbocycles. The third kappa shape index (κ3) is 7.05. The normalized spacial score (nSPS) is 11.7. The Bertz CT molecular complexity index is 1840. The number of nitrogens with one attached hydrogen (secondary N) is 3. The lowest BCUT2D eigenvalue weighted by Crippen LogP contribution is -2.42. The van der Waals surface area contributed by atoms with E-state index in [1.807, 2.05) is 54.6 Å². The van der Waals surface area contributed by atoms with E-state index in [1.54, 1.807) is 18.3 Å². The van der Waals surface area contributed by atoms with Crippen molar-refractivity contribution in [2.24, 2.45) is 16.5 Å². The molecule has 0 unspecified atom stereocenters. The standard InChI is InChI=1S/C33H31FN6O3/c34-24-13-14-28(39-31(42)22-12-11-20-6-1-2-7-21(20)16-22)26(18-24)32(43)40-29(30(41)10-5-15-37-33(35)36)17-23-19-38-27-9-4-3-8-25(23)27/h1-4,6-9,11-14,16,18-19,29,38H,5,10,15,17H2,(H,39,42)(H,40,43)(H4,35,36,37)/t29-/m0/s1. The second-order valence-corrected chi connectivity index (χ2v) is 10.2. The third-order valence-electron chi connectivity index (χ3n) is 7.15. The zero-order valence-electron chi connectivity index (χ0n) is 23.3. The van der Waals surface area contributed by atoms with Gasteiger partial charge in [0.15, 0.2) is 11.7 Å².